The van der Waals surface area contributed by atoms with E-state index < -0.39 is 42.4 Å². The smallest absolute Gasteiger partial charge is 0.326 e. The molecule has 10 heteroatoms. The molecule has 2 N–H and O–H groups in total. The molecule has 31 heavy (non-hydrogen) atoms. The van der Waals surface area contributed by atoms with Gasteiger partial charge in [0.2, 0.25) is 0 Å². The summed E-state index contributed by atoms with van der Waals surface area (Å²) in [5.41, 5.74) is -0.372. The fourth-order valence-electron chi connectivity index (χ4n) is 4.30. The molecule has 2 fully saturated rings. The van der Waals surface area contributed by atoms with Gasteiger partial charge in [-0.05, 0) is 37.0 Å². The predicted octanol–water partition coefficient (Wildman–Crippen LogP) is 1.24. The highest BCUT2D eigenvalue weighted by molar-refractivity contribution is 6.09. The Morgan fingerprint density at radius 2 is 2.06 bits per heavy atom. The molecule has 0 unspecified atom stereocenters. The molecule has 0 bridgehead atoms. The predicted molar refractivity (Wildman–Crippen MR) is 106 cm³/mol. The molecule has 1 aromatic rings. The lowest BCUT2D eigenvalue weighted by molar-refractivity contribution is -0.147. The van der Waals surface area contributed by atoms with Crippen LogP contribution in [-0.4, -0.2) is 59.8 Å². The Bertz CT molecular complexity index is 976. The van der Waals surface area contributed by atoms with Crippen molar-refractivity contribution in [2.24, 2.45) is 5.92 Å². The van der Waals surface area contributed by atoms with Gasteiger partial charge >= 0.3 is 12.0 Å². The molecule has 2 atom stereocenters. The fraction of sp³-hybridized carbons (Fsp3) is 0.476. The minimum absolute atomic E-state index is 0.0197. The number of imide groups is 1. The third-order valence-corrected chi connectivity index (χ3v) is 6.09. The summed E-state index contributed by atoms with van der Waals surface area (Å²) >= 11 is 0. The van der Waals surface area contributed by atoms with Crippen LogP contribution in [0.25, 0.3) is 0 Å². The van der Waals surface area contributed by atoms with E-state index in [0.717, 1.165) is 24.2 Å². The Kier molecular flexibility index (Phi) is 5.38. The summed E-state index contributed by atoms with van der Waals surface area (Å²) in [5, 5.41) is 5.36. The molecule has 0 radical (unpaired) electrons. The number of amides is 4. The van der Waals surface area contributed by atoms with Crippen molar-refractivity contribution >= 4 is 35.3 Å². The topological polar surface area (TPSA) is 131 Å². The van der Waals surface area contributed by atoms with Crippen LogP contribution in [0, 0.1) is 5.92 Å². The van der Waals surface area contributed by atoms with E-state index in [4.69, 9.17) is 9.47 Å². The van der Waals surface area contributed by atoms with E-state index in [2.05, 4.69) is 10.6 Å². The van der Waals surface area contributed by atoms with Gasteiger partial charge in [-0.2, -0.15) is 0 Å². The van der Waals surface area contributed by atoms with Crippen LogP contribution in [0.5, 0.6) is 5.75 Å². The summed E-state index contributed by atoms with van der Waals surface area (Å²) in [6.07, 6.45) is 3.19. The number of benzene rings is 1. The molecule has 1 saturated carbocycles. The number of hydrogen-bond donors (Lipinski definition) is 2. The number of urea groups is 1. The van der Waals surface area contributed by atoms with Crippen LogP contribution in [0.4, 0.5) is 10.5 Å². The second kappa shape index (κ2) is 8.01. The summed E-state index contributed by atoms with van der Waals surface area (Å²) in [7, 11) is 0. The Morgan fingerprint density at radius 3 is 2.84 bits per heavy atom. The maximum absolute atomic E-state index is 12.9. The molecule has 2 aliphatic heterocycles. The average Bonchev–Trinajstić information content (AvgIpc) is 2.98. The number of esters is 1. The van der Waals surface area contributed by atoms with Crippen molar-refractivity contribution in [3.8, 4) is 5.75 Å². The summed E-state index contributed by atoms with van der Waals surface area (Å²) in [6.45, 7) is 0.711. The molecule has 4 rings (SSSR count). The second-order valence-corrected chi connectivity index (χ2v) is 8.07. The van der Waals surface area contributed by atoms with E-state index >= 15 is 0 Å². The zero-order valence-corrected chi connectivity index (χ0v) is 17.1. The molecular weight excluding hydrogens is 406 g/mol. The van der Waals surface area contributed by atoms with Crippen LogP contribution in [0.15, 0.2) is 18.2 Å². The van der Waals surface area contributed by atoms with Crippen LogP contribution in [-0.2, 0) is 19.1 Å². The van der Waals surface area contributed by atoms with Crippen molar-refractivity contribution < 1.29 is 33.4 Å². The van der Waals surface area contributed by atoms with Crippen molar-refractivity contribution in [1.82, 2.24) is 10.2 Å². The quantitative estimate of drug-likeness (QED) is 0.409. The average molecular weight is 429 g/mol. The lowest BCUT2D eigenvalue weighted by atomic mass is 9.73. The molecule has 4 amide bonds. The maximum atomic E-state index is 12.9. The summed E-state index contributed by atoms with van der Waals surface area (Å²) < 4.78 is 10.2. The molecule has 3 aliphatic rings. The van der Waals surface area contributed by atoms with E-state index in [0.29, 0.717) is 17.9 Å². The molecule has 1 spiro atoms. The van der Waals surface area contributed by atoms with E-state index in [9.17, 15) is 24.0 Å². The zero-order chi connectivity index (χ0) is 22.2. The molecule has 1 saturated heterocycles. The second-order valence-electron chi connectivity index (χ2n) is 8.07. The number of anilines is 1. The minimum Gasteiger partial charge on any atom is -0.482 e. The fourth-order valence-corrected chi connectivity index (χ4v) is 4.30. The van der Waals surface area contributed by atoms with E-state index in [-0.39, 0.29) is 24.0 Å². The first-order chi connectivity index (χ1) is 14.8. The van der Waals surface area contributed by atoms with E-state index in [1.807, 2.05) is 6.92 Å². The van der Waals surface area contributed by atoms with Crippen LogP contribution in [0.2, 0.25) is 0 Å². The summed E-state index contributed by atoms with van der Waals surface area (Å²) in [6, 6.07) is 3.86. The zero-order valence-electron chi connectivity index (χ0n) is 17.1. The number of nitrogens with zero attached hydrogens (tertiary/aromatic N) is 1. The molecule has 0 aromatic heterocycles. The lowest BCUT2D eigenvalue weighted by Crippen LogP contribution is -2.54. The number of ketones is 1. The minimum atomic E-state index is -0.957. The maximum Gasteiger partial charge on any atom is 0.326 e. The van der Waals surface area contributed by atoms with Crippen molar-refractivity contribution in [2.75, 3.05) is 25.1 Å². The van der Waals surface area contributed by atoms with Crippen LogP contribution >= 0.6 is 0 Å². The van der Waals surface area contributed by atoms with Gasteiger partial charge in [0.05, 0.1) is 5.69 Å². The number of Topliss-reactive ketones (excluding diaryl/α,β-unsaturated/α-hetero) is 1. The Labute approximate surface area is 178 Å². The van der Waals surface area contributed by atoms with Crippen molar-refractivity contribution in [2.45, 2.75) is 38.1 Å². The highest BCUT2D eigenvalue weighted by Gasteiger charge is 2.55. The van der Waals surface area contributed by atoms with Crippen molar-refractivity contribution in [1.29, 1.82) is 0 Å². The normalized spacial score (nSPS) is 24.9. The first-order valence-electron chi connectivity index (χ1n) is 10.2. The molecule has 1 aromatic carbocycles. The standard InChI is InChI=1S/C21H23N3O7/c1-12-4-2-3-7-21(12)19(28)24(20(29)23-21)9-18(27)31-10-15(25)13-5-6-16-14(8-13)22-17(26)11-30-16/h5-6,8,12H,2-4,7,9-11H2,1H3,(H,22,26)(H,23,29)/t12-,21-/m0/s1. The highest BCUT2D eigenvalue weighted by Crippen LogP contribution is 2.38. The number of fused-ring (bicyclic) bond motifs is 1. The third kappa shape index (κ3) is 3.85. The lowest BCUT2D eigenvalue weighted by Gasteiger charge is -2.36. The van der Waals surface area contributed by atoms with Gasteiger partial charge in [0.1, 0.15) is 17.8 Å². The number of carbonyl (C=O) groups is 5. The van der Waals surface area contributed by atoms with Crippen LogP contribution in [0.3, 0.4) is 0 Å². The van der Waals surface area contributed by atoms with Gasteiger partial charge < -0.3 is 20.1 Å². The van der Waals surface area contributed by atoms with Crippen molar-refractivity contribution in [3.63, 3.8) is 0 Å². The van der Waals surface area contributed by atoms with E-state index in [1.54, 1.807) is 6.07 Å². The first-order valence-corrected chi connectivity index (χ1v) is 10.2. The molecule has 164 valence electrons. The van der Waals surface area contributed by atoms with Gasteiger partial charge in [-0.15, -0.1) is 0 Å². The largest absolute Gasteiger partial charge is 0.482 e. The third-order valence-electron chi connectivity index (χ3n) is 6.09. The summed E-state index contributed by atoms with van der Waals surface area (Å²) in [5.74, 6) is -1.68. The molecule has 2 heterocycles. The Morgan fingerprint density at radius 1 is 1.26 bits per heavy atom. The van der Waals surface area contributed by atoms with Crippen LogP contribution in [0.1, 0.15) is 43.0 Å². The van der Waals surface area contributed by atoms with Crippen molar-refractivity contribution in [3.05, 3.63) is 23.8 Å². The van der Waals surface area contributed by atoms with E-state index in [1.165, 1.54) is 12.1 Å². The van der Waals surface area contributed by atoms with Gasteiger partial charge in [0.25, 0.3) is 11.8 Å². The summed E-state index contributed by atoms with van der Waals surface area (Å²) in [4.78, 5) is 62.1. The van der Waals surface area contributed by atoms with Crippen LogP contribution < -0.4 is 15.4 Å². The Balaban J connectivity index is 1.35. The SMILES string of the molecule is C[C@H]1CCCC[C@]12NC(=O)N(CC(=O)OCC(=O)c1ccc3c(c1)NC(=O)CO3)C2=O. The molecular formula is C21H23N3O7. The molecule has 1 aliphatic carbocycles. The molecule has 10 nitrogen and oxygen atoms in total. The number of rotatable bonds is 5. The number of hydrogen-bond acceptors (Lipinski definition) is 7. The highest BCUT2D eigenvalue weighted by atomic mass is 16.5. The number of carbonyl (C=O) groups excluding carboxylic acids is 5. The number of ether oxygens (including phenoxy) is 2. The van der Waals surface area contributed by atoms with Gasteiger partial charge in [0.15, 0.2) is 19.0 Å². The van der Waals surface area contributed by atoms with Gasteiger partial charge in [-0.3, -0.25) is 24.1 Å². The van der Waals surface area contributed by atoms with Gasteiger partial charge in [-0.25, -0.2) is 4.79 Å². The Hall–Kier alpha value is -3.43. The van der Waals surface area contributed by atoms with Gasteiger partial charge in [-0.1, -0.05) is 19.8 Å². The monoisotopic (exact) mass is 429 g/mol. The first kappa shape index (κ1) is 20.8. The van der Waals surface area contributed by atoms with Gasteiger partial charge in [0, 0.05) is 5.56 Å². The number of nitrogens with one attached hydrogen (secondary N) is 2.